The number of hydrogen-bond donors (Lipinski definition) is 2. The lowest BCUT2D eigenvalue weighted by Crippen LogP contribution is -2.49. The Morgan fingerprint density at radius 2 is 1.77 bits per heavy atom. The zero-order chi connectivity index (χ0) is 24.2. The van der Waals surface area contributed by atoms with E-state index in [1.807, 2.05) is 53.4 Å². The summed E-state index contributed by atoms with van der Waals surface area (Å²) < 4.78 is 5.13. The van der Waals surface area contributed by atoms with Crippen LogP contribution in [0.25, 0.3) is 0 Å². The maximum atomic E-state index is 13.4. The molecule has 2 heterocycles. The molecule has 1 aromatic heterocycles. The summed E-state index contributed by atoms with van der Waals surface area (Å²) >= 11 is 0. The van der Waals surface area contributed by atoms with E-state index >= 15 is 0 Å². The van der Waals surface area contributed by atoms with Crippen LogP contribution in [-0.4, -0.2) is 34.7 Å². The lowest BCUT2D eigenvalue weighted by Gasteiger charge is -2.33. The van der Waals surface area contributed by atoms with E-state index < -0.39 is 6.04 Å². The summed E-state index contributed by atoms with van der Waals surface area (Å²) in [4.78, 5) is 40.9. The highest BCUT2D eigenvalue weighted by Crippen LogP contribution is 2.40. The van der Waals surface area contributed by atoms with Crippen molar-refractivity contribution in [3.63, 3.8) is 0 Å². The fourth-order valence-electron chi connectivity index (χ4n) is 5.38. The SMILES string of the molecule is O=C(Nc1cccc(CNC(=O)C2CC3CCCCC3N2C(=O)c2ccccc2)c1)c1ccco1. The molecule has 1 saturated carbocycles. The zero-order valence-electron chi connectivity index (χ0n) is 19.5. The van der Waals surface area contributed by atoms with Gasteiger partial charge < -0.3 is 20.0 Å². The average Bonchev–Trinajstić information content (AvgIpc) is 3.56. The number of nitrogens with one attached hydrogen (secondary N) is 2. The number of likely N-dealkylation sites (tertiary alicyclic amines) is 1. The first kappa shape index (κ1) is 22.9. The molecule has 7 nitrogen and oxygen atoms in total. The molecule has 0 bridgehead atoms. The van der Waals surface area contributed by atoms with Crippen LogP contribution in [0.4, 0.5) is 5.69 Å². The number of amides is 3. The third-order valence-electron chi connectivity index (χ3n) is 7.04. The van der Waals surface area contributed by atoms with Crippen molar-refractivity contribution in [3.8, 4) is 0 Å². The monoisotopic (exact) mass is 471 g/mol. The Balaban J connectivity index is 1.27. The number of benzene rings is 2. The first-order valence-corrected chi connectivity index (χ1v) is 12.2. The topological polar surface area (TPSA) is 91.7 Å². The molecule has 2 aliphatic rings. The van der Waals surface area contributed by atoms with E-state index in [0.29, 0.717) is 30.1 Å². The fraction of sp³-hybridized carbons (Fsp3) is 0.321. The fourth-order valence-corrected chi connectivity index (χ4v) is 5.38. The van der Waals surface area contributed by atoms with Crippen molar-refractivity contribution in [2.75, 3.05) is 5.32 Å². The third kappa shape index (κ3) is 4.99. The molecule has 180 valence electrons. The molecule has 3 atom stereocenters. The standard InChI is InChI=1S/C28H29N3O4/c32-26(29-18-19-8-6-12-22(16-19)30-27(33)25-14-7-15-35-25)24-17-21-11-4-5-13-23(21)31(24)28(34)20-9-2-1-3-10-20/h1-3,6-10,12,14-16,21,23-24H,4-5,11,13,17-18H2,(H,29,32)(H,30,33). The molecule has 2 aromatic carbocycles. The van der Waals surface area contributed by atoms with Gasteiger partial charge in [0, 0.05) is 23.8 Å². The van der Waals surface area contributed by atoms with E-state index in [4.69, 9.17) is 4.42 Å². The van der Waals surface area contributed by atoms with Gasteiger partial charge in [-0.15, -0.1) is 0 Å². The van der Waals surface area contributed by atoms with Gasteiger partial charge in [-0.3, -0.25) is 14.4 Å². The number of furan rings is 1. The molecule has 3 amide bonds. The highest BCUT2D eigenvalue weighted by atomic mass is 16.3. The van der Waals surface area contributed by atoms with Crippen LogP contribution >= 0.6 is 0 Å². The summed E-state index contributed by atoms with van der Waals surface area (Å²) in [7, 11) is 0. The Kier molecular flexibility index (Phi) is 6.66. The Labute approximate surface area is 204 Å². The molecule has 2 N–H and O–H groups in total. The second kappa shape index (κ2) is 10.2. The molecule has 2 fully saturated rings. The van der Waals surface area contributed by atoms with Gasteiger partial charge in [0.1, 0.15) is 6.04 Å². The largest absolute Gasteiger partial charge is 0.459 e. The molecule has 7 heteroatoms. The van der Waals surface area contributed by atoms with Crippen LogP contribution < -0.4 is 10.6 Å². The predicted octanol–water partition coefficient (Wildman–Crippen LogP) is 4.62. The lowest BCUT2D eigenvalue weighted by molar-refractivity contribution is -0.125. The lowest BCUT2D eigenvalue weighted by atomic mass is 9.84. The molecule has 35 heavy (non-hydrogen) atoms. The second-order valence-corrected chi connectivity index (χ2v) is 9.29. The molecular weight excluding hydrogens is 442 g/mol. The van der Waals surface area contributed by atoms with Crippen molar-refractivity contribution in [1.82, 2.24) is 10.2 Å². The Morgan fingerprint density at radius 3 is 2.57 bits per heavy atom. The Hall–Kier alpha value is -3.87. The molecule has 1 aliphatic carbocycles. The molecule has 3 aromatic rings. The van der Waals surface area contributed by atoms with E-state index in [1.54, 1.807) is 18.2 Å². The van der Waals surface area contributed by atoms with Crippen molar-refractivity contribution >= 4 is 23.4 Å². The van der Waals surface area contributed by atoms with Crippen LogP contribution in [0.1, 0.15) is 58.6 Å². The van der Waals surface area contributed by atoms with Crippen LogP contribution in [0.3, 0.4) is 0 Å². The van der Waals surface area contributed by atoms with Gasteiger partial charge in [0.05, 0.1) is 6.26 Å². The number of rotatable bonds is 6. The van der Waals surface area contributed by atoms with Crippen molar-refractivity contribution in [1.29, 1.82) is 0 Å². The van der Waals surface area contributed by atoms with E-state index in [0.717, 1.165) is 31.2 Å². The summed E-state index contributed by atoms with van der Waals surface area (Å²) in [5.74, 6) is 0.0678. The Morgan fingerprint density at radius 1 is 0.943 bits per heavy atom. The van der Waals surface area contributed by atoms with Crippen LogP contribution in [-0.2, 0) is 11.3 Å². The van der Waals surface area contributed by atoms with Gasteiger partial charge in [0.15, 0.2) is 5.76 Å². The second-order valence-electron chi connectivity index (χ2n) is 9.29. The van der Waals surface area contributed by atoms with Gasteiger partial charge in [-0.1, -0.05) is 43.2 Å². The van der Waals surface area contributed by atoms with E-state index in [2.05, 4.69) is 10.6 Å². The van der Waals surface area contributed by atoms with Gasteiger partial charge in [-0.05, 0) is 67.1 Å². The van der Waals surface area contributed by atoms with Crippen LogP contribution in [0, 0.1) is 5.92 Å². The normalized spacial score (nSPS) is 21.3. The van der Waals surface area contributed by atoms with Gasteiger partial charge in [0.2, 0.25) is 5.91 Å². The van der Waals surface area contributed by atoms with Crippen molar-refractivity contribution < 1.29 is 18.8 Å². The minimum atomic E-state index is -0.474. The van der Waals surface area contributed by atoms with E-state index in [9.17, 15) is 14.4 Å². The van der Waals surface area contributed by atoms with Crippen LogP contribution in [0.15, 0.2) is 77.4 Å². The maximum Gasteiger partial charge on any atom is 0.291 e. The minimum Gasteiger partial charge on any atom is -0.459 e. The highest BCUT2D eigenvalue weighted by molar-refractivity contribution is 6.02. The predicted molar refractivity (Wildman–Crippen MR) is 132 cm³/mol. The van der Waals surface area contributed by atoms with Crippen LogP contribution in [0.5, 0.6) is 0 Å². The summed E-state index contributed by atoms with van der Waals surface area (Å²) in [5, 5.41) is 5.83. The zero-order valence-corrected chi connectivity index (χ0v) is 19.5. The maximum absolute atomic E-state index is 13.4. The summed E-state index contributed by atoms with van der Waals surface area (Å²) in [6, 6.07) is 19.5. The van der Waals surface area contributed by atoms with Gasteiger partial charge in [-0.2, -0.15) is 0 Å². The number of hydrogen-bond acceptors (Lipinski definition) is 4. The van der Waals surface area contributed by atoms with Crippen LogP contribution in [0.2, 0.25) is 0 Å². The quantitative estimate of drug-likeness (QED) is 0.549. The summed E-state index contributed by atoms with van der Waals surface area (Å²) in [5.41, 5.74) is 2.09. The number of carbonyl (C=O) groups is 3. The molecule has 1 aliphatic heterocycles. The minimum absolute atomic E-state index is 0.0669. The molecule has 5 rings (SSSR count). The van der Waals surface area contributed by atoms with Crippen molar-refractivity contribution in [2.24, 2.45) is 5.92 Å². The number of fused-ring (bicyclic) bond motifs is 1. The molecule has 3 unspecified atom stereocenters. The van der Waals surface area contributed by atoms with Gasteiger partial charge in [-0.25, -0.2) is 0 Å². The summed E-state index contributed by atoms with van der Waals surface area (Å²) in [6.07, 6.45) is 6.40. The highest BCUT2D eigenvalue weighted by Gasteiger charge is 2.47. The average molecular weight is 472 g/mol. The van der Waals surface area contributed by atoms with E-state index in [-0.39, 0.29) is 29.5 Å². The first-order valence-electron chi connectivity index (χ1n) is 12.2. The Bertz CT molecular complexity index is 1190. The molecule has 0 spiro atoms. The van der Waals surface area contributed by atoms with E-state index in [1.165, 1.54) is 6.26 Å². The van der Waals surface area contributed by atoms with Crippen molar-refractivity contribution in [3.05, 3.63) is 89.9 Å². The first-order chi connectivity index (χ1) is 17.1. The number of anilines is 1. The summed E-state index contributed by atoms with van der Waals surface area (Å²) in [6.45, 7) is 0.308. The number of carbonyl (C=O) groups excluding carboxylic acids is 3. The molecule has 1 saturated heterocycles. The van der Waals surface area contributed by atoms with Crippen molar-refractivity contribution in [2.45, 2.75) is 50.7 Å². The molecule has 0 radical (unpaired) electrons. The smallest absolute Gasteiger partial charge is 0.291 e. The van der Waals surface area contributed by atoms with Gasteiger partial charge >= 0.3 is 0 Å². The number of nitrogens with zero attached hydrogens (tertiary/aromatic N) is 1. The molecular formula is C28H29N3O4. The third-order valence-corrected chi connectivity index (χ3v) is 7.04. The van der Waals surface area contributed by atoms with Gasteiger partial charge in [0.25, 0.3) is 11.8 Å².